The van der Waals surface area contributed by atoms with Gasteiger partial charge in [0.25, 0.3) is 0 Å². The Balaban J connectivity index is 1.83. The Morgan fingerprint density at radius 3 is 3.00 bits per heavy atom. The highest BCUT2D eigenvalue weighted by atomic mass is 15.4. The van der Waals surface area contributed by atoms with Gasteiger partial charge in [-0.15, -0.1) is 15.3 Å². The van der Waals surface area contributed by atoms with E-state index in [2.05, 4.69) is 25.6 Å². The fourth-order valence-electron chi connectivity index (χ4n) is 1.74. The first kappa shape index (κ1) is 10.7. The van der Waals surface area contributed by atoms with Gasteiger partial charge >= 0.3 is 0 Å². The average molecular weight is 243 g/mol. The number of anilines is 1. The lowest BCUT2D eigenvalue weighted by molar-refractivity contribution is 0.806. The number of rotatable bonds is 3. The number of hydrogen-bond donors (Lipinski definition) is 1. The van der Waals surface area contributed by atoms with E-state index in [0.717, 1.165) is 17.0 Å². The predicted octanol–water partition coefficient (Wildman–Crippen LogP) is 0.778. The largest absolute Gasteiger partial charge is 0.346 e. The molecule has 3 heterocycles. The summed E-state index contributed by atoms with van der Waals surface area (Å²) in [5, 5.41) is 15.3. The maximum absolute atomic E-state index is 4.42. The molecule has 0 amide bonds. The standard InChI is InChI=1S/C11H13N7/c1-8-4-3-5-18-10(8)14-11(16-18)12-6-9-15-13-7-17(9)2/h3-5,7H,6H2,1-2H3,(H,12,16). The molecule has 0 aromatic carbocycles. The summed E-state index contributed by atoms with van der Waals surface area (Å²) in [6.07, 6.45) is 3.54. The molecule has 3 aromatic heterocycles. The Hall–Kier alpha value is -2.44. The number of aromatic nitrogens is 6. The molecule has 0 unspecified atom stereocenters. The van der Waals surface area contributed by atoms with Crippen LogP contribution in [0.3, 0.4) is 0 Å². The number of pyridine rings is 1. The zero-order valence-electron chi connectivity index (χ0n) is 10.2. The molecule has 18 heavy (non-hydrogen) atoms. The summed E-state index contributed by atoms with van der Waals surface area (Å²) in [7, 11) is 1.90. The Labute approximate surface area is 103 Å². The van der Waals surface area contributed by atoms with Crippen LogP contribution in [-0.4, -0.2) is 29.4 Å². The molecule has 0 saturated heterocycles. The first-order valence-electron chi connectivity index (χ1n) is 5.63. The van der Waals surface area contributed by atoms with Crippen LogP contribution in [0.15, 0.2) is 24.7 Å². The van der Waals surface area contributed by atoms with Crippen molar-refractivity contribution in [2.45, 2.75) is 13.5 Å². The summed E-state index contributed by atoms with van der Waals surface area (Å²) in [5.41, 5.74) is 1.95. The highest BCUT2D eigenvalue weighted by Gasteiger charge is 2.06. The van der Waals surface area contributed by atoms with Crippen LogP contribution in [0.1, 0.15) is 11.4 Å². The molecule has 0 aliphatic rings. The van der Waals surface area contributed by atoms with Gasteiger partial charge in [-0.1, -0.05) is 6.07 Å². The van der Waals surface area contributed by atoms with Gasteiger partial charge in [0.1, 0.15) is 6.33 Å². The van der Waals surface area contributed by atoms with Crippen LogP contribution < -0.4 is 5.32 Å². The number of aryl methyl sites for hydroxylation is 2. The minimum Gasteiger partial charge on any atom is -0.346 e. The minimum absolute atomic E-state index is 0.548. The van der Waals surface area contributed by atoms with Crippen molar-refractivity contribution in [3.05, 3.63) is 36.0 Å². The topological polar surface area (TPSA) is 72.9 Å². The molecular weight excluding hydrogens is 230 g/mol. The van der Waals surface area contributed by atoms with E-state index >= 15 is 0 Å². The van der Waals surface area contributed by atoms with Gasteiger partial charge < -0.3 is 9.88 Å². The van der Waals surface area contributed by atoms with Gasteiger partial charge in [-0.05, 0) is 18.6 Å². The van der Waals surface area contributed by atoms with E-state index in [0.29, 0.717) is 12.5 Å². The van der Waals surface area contributed by atoms with Gasteiger partial charge in [-0.3, -0.25) is 0 Å². The van der Waals surface area contributed by atoms with Crippen molar-refractivity contribution in [3.63, 3.8) is 0 Å². The van der Waals surface area contributed by atoms with Crippen LogP contribution >= 0.6 is 0 Å². The van der Waals surface area contributed by atoms with Gasteiger partial charge in [0.05, 0.1) is 6.54 Å². The van der Waals surface area contributed by atoms with Gasteiger partial charge in [0.15, 0.2) is 11.5 Å². The van der Waals surface area contributed by atoms with Crippen molar-refractivity contribution < 1.29 is 0 Å². The summed E-state index contributed by atoms with van der Waals surface area (Å²) in [6.45, 7) is 2.56. The molecule has 1 N–H and O–H groups in total. The molecule has 3 aromatic rings. The van der Waals surface area contributed by atoms with Crippen LogP contribution in [0.25, 0.3) is 5.65 Å². The van der Waals surface area contributed by atoms with E-state index in [9.17, 15) is 0 Å². The Bertz CT molecular complexity index is 682. The third kappa shape index (κ3) is 1.79. The Morgan fingerprint density at radius 1 is 1.39 bits per heavy atom. The summed E-state index contributed by atoms with van der Waals surface area (Å²) >= 11 is 0. The summed E-state index contributed by atoms with van der Waals surface area (Å²) in [5.74, 6) is 1.43. The molecule has 7 heteroatoms. The van der Waals surface area contributed by atoms with Crippen molar-refractivity contribution in [3.8, 4) is 0 Å². The summed E-state index contributed by atoms with van der Waals surface area (Å²) < 4.78 is 3.61. The number of nitrogens with zero attached hydrogens (tertiary/aromatic N) is 6. The van der Waals surface area contributed by atoms with Crippen LogP contribution in [0.2, 0.25) is 0 Å². The number of hydrogen-bond acceptors (Lipinski definition) is 5. The van der Waals surface area contributed by atoms with Gasteiger partial charge in [0.2, 0.25) is 5.95 Å². The van der Waals surface area contributed by atoms with Gasteiger partial charge in [-0.25, -0.2) is 4.52 Å². The first-order valence-corrected chi connectivity index (χ1v) is 5.63. The lowest BCUT2D eigenvalue weighted by Gasteiger charge is -1.99. The third-order valence-electron chi connectivity index (χ3n) is 2.77. The molecular formula is C11H13N7. The summed E-state index contributed by atoms with van der Waals surface area (Å²) in [4.78, 5) is 4.42. The molecule has 0 atom stereocenters. The zero-order valence-corrected chi connectivity index (χ0v) is 10.2. The van der Waals surface area contributed by atoms with E-state index < -0.39 is 0 Å². The molecule has 0 fully saturated rings. The van der Waals surface area contributed by atoms with Crippen LogP contribution in [0.4, 0.5) is 5.95 Å². The van der Waals surface area contributed by atoms with Crippen molar-refractivity contribution in [1.29, 1.82) is 0 Å². The molecule has 0 aliphatic heterocycles. The Morgan fingerprint density at radius 2 is 2.28 bits per heavy atom. The molecule has 92 valence electrons. The quantitative estimate of drug-likeness (QED) is 0.736. The van der Waals surface area contributed by atoms with E-state index in [-0.39, 0.29) is 0 Å². The fourth-order valence-corrected chi connectivity index (χ4v) is 1.74. The zero-order chi connectivity index (χ0) is 12.5. The second-order valence-corrected chi connectivity index (χ2v) is 4.11. The van der Waals surface area contributed by atoms with Crippen molar-refractivity contribution in [1.82, 2.24) is 29.4 Å². The van der Waals surface area contributed by atoms with Crippen molar-refractivity contribution >= 4 is 11.6 Å². The molecule has 0 saturated carbocycles. The van der Waals surface area contributed by atoms with E-state index in [4.69, 9.17) is 0 Å². The van der Waals surface area contributed by atoms with Crippen LogP contribution in [0.5, 0.6) is 0 Å². The fraction of sp³-hybridized carbons (Fsp3) is 0.273. The minimum atomic E-state index is 0.548. The second-order valence-electron chi connectivity index (χ2n) is 4.11. The normalized spacial score (nSPS) is 11.0. The molecule has 3 rings (SSSR count). The van der Waals surface area contributed by atoms with Crippen molar-refractivity contribution in [2.24, 2.45) is 7.05 Å². The lowest BCUT2D eigenvalue weighted by atomic mass is 10.3. The third-order valence-corrected chi connectivity index (χ3v) is 2.77. The SMILES string of the molecule is Cc1cccn2nc(NCc3nncn3C)nc12. The lowest BCUT2D eigenvalue weighted by Crippen LogP contribution is -2.06. The number of fused-ring (bicyclic) bond motifs is 1. The smallest absolute Gasteiger partial charge is 0.243 e. The molecule has 0 radical (unpaired) electrons. The van der Waals surface area contributed by atoms with Crippen LogP contribution in [-0.2, 0) is 13.6 Å². The molecule has 0 bridgehead atoms. The maximum atomic E-state index is 4.42. The van der Waals surface area contributed by atoms with E-state index in [1.165, 1.54) is 0 Å². The molecule has 7 nitrogen and oxygen atoms in total. The molecule has 0 aliphatic carbocycles. The predicted molar refractivity (Wildman–Crippen MR) is 66.1 cm³/mol. The van der Waals surface area contributed by atoms with Crippen LogP contribution in [0, 0.1) is 6.92 Å². The maximum Gasteiger partial charge on any atom is 0.243 e. The monoisotopic (exact) mass is 243 g/mol. The Kier molecular flexibility index (Phi) is 2.44. The second kappa shape index (κ2) is 4.10. The average Bonchev–Trinajstić information content (AvgIpc) is 2.93. The highest BCUT2D eigenvalue weighted by Crippen LogP contribution is 2.10. The highest BCUT2D eigenvalue weighted by molar-refractivity contribution is 5.49. The van der Waals surface area contributed by atoms with Gasteiger partial charge in [0, 0.05) is 13.2 Å². The van der Waals surface area contributed by atoms with Crippen molar-refractivity contribution in [2.75, 3.05) is 5.32 Å². The van der Waals surface area contributed by atoms with E-state index in [1.807, 2.05) is 36.9 Å². The first-order chi connectivity index (χ1) is 8.74. The van der Waals surface area contributed by atoms with E-state index in [1.54, 1.807) is 10.8 Å². The number of nitrogens with one attached hydrogen (secondary N) is 1. The molecule has 0 spiro atoms. The van der Waals surface area contributed by atoms with Gasteiger partial charge in [-0.2, -0.15) is 4.98 Å². The summed E-state index contributed by atoms with van der Waals surface area (Å²) in [6, 6.07) is 3.96.